The number of alkyl halides is 5. The van der Waals surface area contributed by atoms with Gasteiger partial charge in [-0.15, -0.1) is 0 Å². The van der Waals surface area contributed by atoms with Gasteiger partial charge < -0.3 is 4.74 Å². The van der Waals surface area contributed by atoms with Gasteiger partial charge in [0.25, 0.3) is 0 Å². The van der Waals surface area contributed by atoms with E-state index in [2.05, 4.69) is 4.74 Å². The number of aryl methyl sites for hydroxylation is 1. The summed E-state index contributed by atoms with van der Waals surface area (Å²) in [6.45, 7) is 2.05. The van der Waals surface area contributed by atoms with Crippen molar-refractivity contribution in [2.45, 2.75) is 32.1 Å². The first kappa shape index (κ1) is 25.3. The van der Waals surface area contributed by atoms with Gasteiger partial charge >= 0.3 is 12.3 Å². The van der Waals surface area contributed by atoms with Crippen molar-refractivity contribution in [2.75, 3.05) is 0 Å². The van der Waals surface area contributed by atoms with Gasteiger partial charge in [-0.25, -0.2) is 13.2 Å². The van der Waals surface area contributed by atoms with Crippen molar-refractivity contribution >= 4 is 6.08 Å². The smallest absolute Gasteiger partial charge is 0.422 e. The Labute approximate surface area is 190 Å². The maximum atomic E-state index is 14.5. The molecule has 0 heterocycles. The van der Waals surface area contributed by atoms with Gasteiger partial charge in [0.1, 0.15) is 28.8 Å². The lowest BCUT2D eigenvalue weighted by Crippen LogP contribution is -2.22. The Morgan fingerprint density at radius 2 is 1.35 bits per heavy atom. The van der Waals surface area contributed by atoms with Crippen LogP contribution in [0.25, 0.3) is 17.2 Å². The second-order valence-electron chi connectivity index (χ2n) is 7.44. The number of halogens is 8. The van der Waals surface area contributed by atoms with Crippen LogP contribution in [0.1, 0.15) is 30.0 Å². The molecule has 34 heavy (non-hydrogen) atoms. The third kappa shape index (κ3) is 6.15. The summed E-state index contributed by atoms with van der Waals surface area (Å²) >= 11 is 0. The second kappa shape index (κ2) is 9.87. The highest BCUT2D eigenvalue weighted by molar-refractivity contribution is 5.66. The van der Waals surface area contributed by atoms with E-state index in [1.54, 1.807) is 0 Å². The average molecular weight is 486 g/mol. The number of hydrogen-bond acceptors (Lipinski definition) is 1. The minimum atomic E-state index is -5.35. The molecule has 0 spiro atoms. The lowest BCUT2D eigenvalue weighted by molar-refractivity contribution is -0.143. The standard InChI is InChI=1S/C25H18F8O/c1-2-3-15-4-6-16(7-5-15)18-9-8-17(20(26)12-18)10-11-24(29,30)34-19-13-21(27)23(22(28)14-19)25(31,32)33/h4-14H,2-3H2,1H3. The molecule has 1 nitrogen and oxygen atoms in total. The molecule has 0 saturated heterocycles. The van der Waals surface area contributed by atoms with Gasteiger partial charge in [0, 0.05) is 23.8 Å². The first-order valence-corrected chi connectivity index (χ1v) is 10.1. The lowest BCUT2D eigenvalue weighted by atomic mass is 10.0. The Morgan fingerprint density at radius 3 is 1.88 bits per heavy atom. The number of hydrogen-bond donors (Lipinski definition) is 0. The van der Waals surface area contributed by atoms with E-state index in [4.69, 9.17) is 0 Å². The molecular weight excluding hydrogens is 468 g/mol. The van der Waals surface area contributed by atoms with Crippen LogP contribution in [0.5, 0.6) is 5.75 Å². The monoisotopic (exact) mass is 486 g/mol. The van der Waals surface area contributed by atoms with E-state index < -0.39 is 41.0 Å². The van der Waals surface area contributed by atoms with Gasteiger partial charge in [0.2, 0.25) is 0 Å². The molecule has 0 atom stereocenters. The maximum absolute atomic E-state index is 14.5. The topological polar surface area (TPSA) is 9.23 Å². The van der Waals surface area contributed by atoms with Crippen molar-refractivity contribution < 1.29 is 39.9 Å². The Kier molecular flexibility index (Phi) is 7.33. The molecule has 0 amide bonds. The fourth-order valence-corrected chi connectivity index (χ4v) is 3.25. The van der Waals surface area contributed by atoms with Crippen molar-refractivity contribution in [2.24, 2.45) is 0 Å². The van der Waals surface area contributed by atoms with Crippen LogP contribution in [0.2, 0.25) is 0 Å². The van der Waals surface area contributed by atoms with Gasteiger partial charge in [-0.3, -0.25) is 0 Å². The molecule has 0 unspecified atom stereocenters. The van der Waals surface area contributed by atoms with Crippen molar-refractivity contribution in [1.29, 1.82) is 0 Å². The van der Waals surface area contributed by atoms with Gasteiger partial charge in [0.05, 0.1) is 0 Å². The Hall–Kier alpha value is -3.36. The Bertz CT molecular complexity index is 1160. The molecule has 0 N–H and O–H groups in total. The fraction of sp³-hybridized carbons (Fsp3) is 0.200. The van der Waals surface area contributed by atoms with Crippen LogP contribution in [0, 0.1) is 17.5 Å². The first-order chi connectivity index (χ1) is 15.9. The quantitative estimate of drug-likeness (QED) is 0.305. The normalized spacial score (nSPS) is 12.4. The molecule has 180 valence electrons. The predicted molar refractivity (Wildman–Crippen MR) is 112 cm³/mol. The van der Waals surface area contributed by atoms with E-state index in [-0.39, 0.29) is 23.8 Å². The zero-order chi connectivity index (χ0) is 25.1. The molecule has 3 aromatic carbocycles. The molecule has 0 aliphatic carbocycles. The van der Waals surface area contributed by atoms with Crippen LogP contribution in [-0.4, -0.2) is 6.11 Å². The van der Waals surface area contributed by atoms with Crippen molar-refractivity contribution in [3.05, 3.63) is 94.8 Å². The maximum Gasteiger partial charge on any atom is 0.422 e. The Balaban J connectivity index is 1.76. The van der Waals surface area contributed by atoms with Gasteiger partial charge in [0.15, 0.2) is 0 Å². The summed E-state index contributed by atoms with van der Waals surface area (Å²) in [5, 5.41) is 0. The molecule has 9 heteroatoms. The minimum Gasteiger partial charge on any atom is -0.429 e. The largest absolute Gasteiger partial charge is 0.429 e. The molecule has 0 aliphatic heterocycles. The van der Waals surface area contributed by atoms with Crippen LogP contribution in [0.4, 0.5) is 35.1 Å². The summed E-state index contributed by atoms with van der Waals surface area (Å²) < 4.78 is 112. The summed E-state index contributed by atoms with van der Waals surface area (Å²) in [7, 11) is 0. The summed E-state index contributed by atoms with van der Waals surface area (Å²) in [6.07, 6.45) is -6.85. The number of benzene rings is 3. The molecule has 3 rings (SSSR count). The summed E-state index contributed by atoms with van der Waals surface area (Å²) in [6, 6.07) is 11.4. The fourth-order valence-electron chi connectivity index (χ4n) is 3.25. The Morgan fingerprint density at radius 1 is 0.765 bits per heavy atom. The van der Waals surface area contributed by atoms with E-state index in [1.165, 1.54) is 12.1 Å². The lowest BCUT2D eigenvalue weighted by Gasteiger charge is -2.16. The first-order valence-electron chi connectivity index (χ1n) is 10.1. The van der Waals surface area contributed by atoms with E-state index >= 15 is 0 Å². The molecule has 0 bridgehead atoms. The van der Waals surface area contributed by atoms with Crippen molar-refractivity contribution in [3.63, 3.8) is 0 Å². The number of rotatable bonds is 7. The van der Waals surface area contributed by atoms with Crippen LogP contribution in [0.3, 0.4) is 0 Å². The predicted octanol–water partition coefficient (Wildman–Crippen LogP) is 8.43. The van der Waals surface area contributed by atoms with Crippen LogP contribution in [-0.2, 0) is 12.6 Å². The molecule has 0 fully saturated rings. The summed E-state index contributed by atoms with van der Waals surface area (Å²) in [5.41, 5.74) is -0.0627. The van der Waals surface area contributed by atoms with Crippen LogP contribution < -0.4 is 4.74 Å². The van der Waals surface area contributed by atoms with E-state index in [9.17, 15) is 35.1 Å². The van der Waals surface area contributed by atoms with Crippen LogP contribution in [0.15, 0.2) is 60.7 Å². The van der Waals surface area contributed by atoms with Gasteiger partial charge in [-0.1, -0.05) is 49.7 Å². The molecular formula is C25H18F8O. The zero-order valence-electron chi connectivity index (χ0n) is 17.7. The summed E-state index contributed by atoms with van der Waals surface area (Å²) in [4.78, 5) is 0. The van der Waals surface area contributed by atoms with Crippen molar-refractivity contribution in [3.8, 4) is 16.9 Å². The third-order valence-corrected chi connectivity index (χ3v) is 4.84. The zero-order valence-corrected chi connectivity index (χ0v) is 17.7. The molecule has 0 saturated carbocycles. The molecule has 0 radical (unpaired) electrons. The molecule has 3 aromatic rings. The van der Waals surface area contributed by atoms with E-state index in [0.29, 0.717) is 11.6 Å². The van der Waals surface area contributed by atoms with Crippen LogP contribution >= 0.6 is 0 Å². The highest BCUT2D eigenvalue weighted by Gasteiger charge is 2.39. The third-order valence-electron chi connectivity index (χ3n) is 4.84. The summed E-state index contributed by atoms with van der Waals surface area (Å²) in [5.74, 6) is -6.19. The van der Waals surface area contributed by atoms with Gasteiger partial charge in [-0.2, -0.15) is 22.0 Å². The van der Waals surface area contributed by atoms with Crippen molar-refractivity contribution in [1.82, 2.24) is 0 Å². The molecule has 0 aliphatic rings. The molecule has 0 aromatic heterocycles. The average Bonchev–Trinajstić information content (AvgIpc) is 2.71. The SMILES string of the molecule is CCCc1ccc(-c2ccc(C=CC(F)(F)Oc3cc(F)c(C(F)(F)F)c(F)c3)c(F)c2)cc1. The van der Waals surface area contributed by atoms with E-state index in [0.717, 1.165) is 30.0 Å². The minimum absolute atomic E-state index is 0.00515. The second-order valence-corrected chi connectivity index (χ2v) is 7.44. The number of ether oxygens (including phenoxy) is 1. The highest BCUT2D eigenvalue weighted by Crippen LogP contribution is 2.36. The van der Waals surface area contributed by atoms with Gasteiger partial charge in [-0.05, 0) is 35.3 Å². The highest BCUT2D eigenvalue weighted by atomic mass is 19.4. The van der Waals surface area contributed by atoms with E-state index in [1.807, 2.05) is 31.2 Å².